The van der Waals surface area contributed by atoms with Crippen molar-refractivity contribution >= 4 is 15.8 Å². The normalized spacial score (nSPS) is 16.1. The maximum Gasteiger partial charge on any atom is 0.308 e. The fourth-order valence-corrected chi connectivity index (χ4v) is 1.91. The molecule has 2 atom stereocenters. The molecule has 1 aromatic rings. The van der Waals surface area contributed by atoms with Crippen molar-refractivity contribution in [2.45, 2.75) is 38.5 Å². The van der Waals surface area contributed by atoms with Gasteiger partial charge in [0.25, 0.3) is 0 Å². The largest absolute Gasteiger partial charge is 0.481 e. The van der Waals surface area contributed by atoms with E-state index in [1.807, 2.05) is 0 Å². The van der Waals surface area contributed by atoms with Crippen LogP contribution < -0.4 is 0 Å². The molecule has 0 saturated heterocycles. The van der Waals surface area contributed by atoms with Crippen molar-refractivity contribution in [3.8, 4) is 0 Å². The second-order valence-electron chi connectivity index (χ2n) is 5.10. The number of carboxylic acid groups (broad SMARTS) is 1. The lowest BCUT2D eigenvalue weighted by atomic mass is 10.0. The molecule has 8 nitrogen and oxygen atoms in total. The molecular formula is C10H18N4O4S. The van der Waals surface area contributed by atoms with E-state index in [-0.39, 0.29) is 5.82 Å². The van der Waals surface area contributed by atoms with E-state index in [1.165, 1.54) is 25.5 Å². The molecule has 0 saturated carbocycles. The number of carboxylic acids is 1. The topological polar surface area (TPSA) is 115 Å². The Morgan fingerprint density at radius 1 is 1.37 bits per heavy atom. The van der Waals surface area contributed by atoms with E-state index >= 15 is 0 Å². The second-order valence-corrected chi connectivity index (χ2v) is 7.66. The van der Waals surface area contributed by atoms with Crippen LogP contribution in [0.5, 0.6) is 0 Å². The van der Waals surface area contributed by atoms with Gasteiger partial charge in [0.1, 0.15) is 4.75 Å². The minimum atomic E-state index is -3.44. The van der Waals surface area contributed by atoms with Gasteiger partial charge in [0.05, 0.1) is 12.0 Å². The molecule has 0 radical (unpaired) electrons. The molecule has 0 amide bonds. The van der Waals surface area contributed by atoms with Crippen LogP contribution in [0.4, 0.5) is 0 Å². The summed E-state index contributed by atoms with van der Waals surface area (Å²) in [5, 5.41) is 19.9. The number of tetrazole rings is 1. The van der Waals surface area contributed by atoms with Gasteiger partial charge in [0.15, 0.2) is 15.7 Å². The summed E-state index contributed by atoms with van der Waals surface area (Å²) in [5.41, 5.74) is 0. The summed E-state index contributed by atoms with van der Waals surface area (Å²) in [6.45, 7) is 6.13. The third-order valence-corrected chi connectivity index (χ3v) is 5.49. The molecule has 0 bridgehead atoms. The summed E-state index contributed by atoms with van der Waals surface area (Å²) in [4.78, 5) is 11.0. The van der Waals surface area contributed by atoms with Crippen molar-refractivity contribution in [3.63, 3.8) is 0 Å². The Labute approximate surface area is 111 Å². The average Bonchev–Trinajstić information content (AvgIpc) is 2.74. The quantitative estimate of drug-likeness (QED) is 0.825. The molecular weight excluding hydrogens is 272 g/mol. The molecule has 0 aromatic carbocycles. The zero-order valence-corrected chi connectivity index (χ0v) is 12.3. The molecule has 108 valence electrons. The van der Waals surface area contributed by atoms with Crippen molar-refractivity contribution in [1.82, 2.24) is 20.2 Å². The smallest absolute Gasteiger partial charge is 0.308 e. The first kappa shape index (κ1) is 15.5. The third kappa shape index (κ3) is 2.75. The van der Waals surface area contributed by atoms with Crippen molar-refractivity contribution in [2.75, 3.05) is 6.26 Å². The van der Waals surface area contributed by atoms with Crippen LogP contribution in [0.3, 0.4) is 0 Å². The first-order valence-corrected chi connectivity index (χ1v) is 7.60. The molecule has 0 fully saturated rings. The van der Waals surface area contributed by atoms with E-state index in [4.69, 9.17) is 5.11 Å². The number of rotatable bonds is 5. The summed E-state index contributed by atoms with van der Waals surface area (Å²) in [6.07, 6.45) is 1.09. The molecule has 1 heterocycles. The summed E-state index contributed by atoms with van der Waals surface area (Å²) in [5.74, 6) is -1.60. The Kier molecular flexibility index (Phi) is 3.99. The minimum Gasteiger partial charge on any atom is -0.481 e. The van der Waals surface area contributed by atoms with Gasteiger partial charge in [-0.25, -0.2) is 13.1 Å². The predicted octanol–water partition coefficient (Wildman–Crippen LogP) is 0.234. The van der Waals surface area contributed by atoms with Crippen molar-refractivity contribution < 1.29 is 18.3 Å². The number of aliphatic carboxylic acids is 1. The molecule has 1 rings (SSSR count). The molecule has 0 spiro atoms. The average molecular weight is 290 g/mol. The number of sulfone groups is 1. The van der Waals surface area contributed by atoms with Crippen LogP contribution in [0.2, 0.25) is 0 Å². The Morgan fingerprint density at radius 2 is 1.89 bits per heavy atom. The van der Waals surface area contributed by atoms with E-state index in [9.17, 15) is 13.2 Å². The van der Waals surface area contributed by atoms with Gasteiger partial charge in [-0.15, -0.1) is 5.10 Å². The maximum atomic E-state index is 11.8. The predicted molar refractivity (Wildman–Crippen MR) is 67.2 cm³/mol. The fraction of sp³-hybridized carbons (Fsp3) is 0.800. The Balaban J connectivity index is 3.30. The molecule has 0 aliphatic heterocycles. The lowest BCUT2D eigenvalue weighted by Gasteiger charge is -2.24. The van der Waals surface area contributed by atoms with Gasteiger partial charge in [-0.2, -0.15) is 0 Å². The lowest BCUT2D eigenvalue weighted by Crippen LogP contribution is -2.34. The van der Waals surface area contributed by atoms with Crippen LogP contribution in [0.25, 0.3) is 0 Å². The number of carbonyl (C=O) groups is 1. The summed E-state index contributed by atoms with van der Waals surface area (Å²) in [6, 6.07) is -0.552. The molecule has 0 aliphatic rings. The van der Waals surface area contributed by atoms with Gasteiger partial charge >= 0.3 is 5.97 Å². The summed E-state index contributed by atoms with van der Waals surface area (Å²) < 4.78 is 23.6. The van der Waals surface area contributed by atoms with Crippen LogP contribution in [0.1, 0.15) is 39.6 Å². The Morgan fingerprint density at radius 3 is 2.32 bits per heavy atom. The summed E-state index contributed by atoms with van der Waals surface area (Å²) in [7, 11) is -3.44. The lowest BCUT2D eigenvalue weighted by molar-refractivity contribution is -0.142. The number of aromatic nitrogens is 4. The number of hydrogen-bond donors (Lipinski definition) is 1. The van der Waals surface area contributed by atoms with Crippen LogP contribution in [-0.4, -0.2) is 46.0 Å². The molecule has 1 aromatic heterocycles. The molecule has 19 heavy (non-hydrogen) atoms. The first-order chi connectivity index (χ1) is 8.50. The molecule has 9 heteroatoms. The molecule has 2 unspecified atom stereocenters. The van der Waals surface area contributed by atoms with Gasteiger partial charge in [-0.05, 0) is 38.1 Å². The van der Waals surface area contributed by atoms with E-state index in [1.54, 1.807) is 6.92 Å². The van der Waals surface area contributed by atoms with Crippen LogP contribution in [0.15, 0.2) is 0 Å². The Bertz CT molecular complexity index is 578. The van der Waals surface area contributed by atoms with Crippen LogP contribution in [-0.2, 0) is 19.4 Å². The van der Waals surface area contributed by atoms with Gasteiger partial charge in [0.2, 0.25) is 0 Å². The monoisotopic (exact) mass is 290 g/mol. The highest BCUT2D eigenvalue weighted by atomic mass is 32.2. The Hall–Kier alpha value is -1.51. The molecule has 1 N–H and O–H groups in total. The zero-order valence-electron chi connectivity index (χ0n) is 11.5. The maximum absolute atomic E-state index is 11.8. The minimum absolute atomic E-state index is 0.135. The second kappa shape index (κ2) is 4.87. The highest BCUT2D eigenvalue weighted by Crippen LogP contribution is 2.29. The van der Waals surface area contributed by atoms with E-state index in [0.717, 1.165) is 6.26 Å². The van der Waals surface area contributed by atoms with Crippen molar-refractivity contribution in [1.29, 1.82) is 0 Å². The van der Waals surface area contributed by atoms with Crippen LogP contribution in [0, 0.1) is 5.92 Å². The van der Waals surface area contributed by atoms with E-state index in [0.29, 0.717) is 0 Å². The SMILES string of the molecule is CC(C(=O)O)C(C)n1nnnc1C(C)(C)S(C)(=O)=O. The highest BCUT2D eigenvalue weighted by Gasteiger charge is 2.39. The fourth-order valence-electron chi connectivity index (χ4n) is 1.45. The van der Waals surface area contributed by atoms with Crippen molar-refractivity contribution in [2.24, 2.45) is 5.92 Å². The number of nitrogens with zero attached hydrogens (tertiary/aromatic N) is 4. The van der Waals surface area contributed by atoms with Crippen molar-refractivity contribution in [3.05, 3.63) is 5.82 Å². The summed E-state index contributed by atoms with van der Waals surface area (Å²) >= 11 is 0. The van der Waals surface area contributed by atoms with Gasteiger partial charge in [-0.3, -0.25) is 4.79 Å². The van der Waals surface area contributed by atoms with Gasteiger partial charge in [0, 0.05) is 6.26 Å². The first-order valence-electron chi connectivity index (χ1n) is 5.71. The highest BCUT2D eigenvalue weighted by molar-refractivity contribution is 7.91. The standard InChI is InChI=1S/C10H18N4O4S/c1-6(8(15)16)7(2)14-9(11-12-13-14)10(3,4)19(5,17)18/h6-7H,1-5H3,(H,15,16). The zero-order chi connectivity index (χ0) is 15.0. The van der Waals surface area contributed by atoms with Gasteiger partial charge in [-0.1, -0.05) is 0 Å². The molecule has 0 aliphatic carbocycles. The van der Waals surface area contributed by atoms with Crippen LogP contribution >= 0.6 is 0 Å². The van der Waals surface area contributed by atoms with Gasteiger partial charge < -0.3 is 5.11 Å². The van der Waals surface area contributed by atoms with E-state index in [2.05, 4.69) is 15.5 Å². The van der Waals surface area contributed by atoms with E-state index < -0.39 is 32.5 Å². The number of hydrogen-bond acceptors (Lipinski definition) is 6. The third-order valence-electron chi connectivity index (χ3n) is 3.46.